The number of amides is 1. The minimum Gasteiger partial charge on any atom is -0.493 e. The van der Waals surface area contributed by atoms with E-state index in [0.717, 1.165) is 11.4 Å². The first-order chi connectivity index (χ1) is 12.0. The highest BCUT2D eigenvalue weighted by Crippen LogP contribution is 2.23. The number of methoxy groups -OCH3 is 1. The monoisotopic (exact) mass is 356 g/mol. The van der Waals surface area contributed by atoms with E-state index in [4.69, 9.17) is 16.3 Å². The molecule has 0 fully saturated rings. The lowest BCUT2D eigenvalue weighted by atomic mass is 10.2. The van der Waals surface area contributed by atoms with Gasteiger partial charge in [-0.15, -0.1) is 0 Å². The van der Waals surface area contributed by atoms with E-state index in [1.54, 1.807) is 36.0 Å². The molecule has 0 bridgehead atoms. The van der Waals surface area contributed by atoms with Crippen molar-refractivity contribution in [3.8, 4) is 11.4 Å². The van der Waals surface area contributed by atoms with Crippen molar-refractivity contribution < 1.29 is 9.53 Å². The first-order valence-corrected chi connectivity index (χ1v) is 8.01. The highest BCUT2D eigenvalue weighted by atomic mass is 35.5. The average molecular weight is 357 g/mol. The maximum absolute atomic E-state index is 12.6. The van der Waals surface area contributed by atoms with E-state index in [2.05, 4.69) is 15.4 Å². The molecule has 2 heterocycles. The van der Waals surface area contributed by atoms with Crippen LogP contribution in [0.25, 0.3) is 5.69 Å². The predicted molar refractivity (Wildman–Crippen MR) is 96.8 cm³/mol. The number of nitrogens with one attached hydrogen (secondary N) is 1. The lowest BCUT2D eigenvalue weighted by Gasteiger charge is -2.09. The second-order valence-electron chi connectivity index (χ2n) is 5.51. The van der Waals surface area contributed by atoms with Crippen LogP contribution < -0.4 is 10.1 Å². The lowest BCUT2D eigenvalue weighted by Crippen LogP contribution is -2.14. The molecule has 0 aliphatic carbocycles. The van der Waals surface area contributed by atoms with E-state index in [1.807, 2.05) is 25.1 Å². The molecule has 1 aromatic carbocycles. The number of hydrogen-bond acceptors (Lipinski definition) is 4. The highest BCUT2D eigenvalue weighted by Gasteiger charge is 2.17. The van der Waals surface area contributed by atoms with Crippen LogP contribution in [0.1, 0.15) is 21.7 Å². The number of nitrogens with zero attached hydrogens (tertiary/aromatic N) is 3. The van der Waals surface area contributed by atoms with E-state index < -0.39 is 0 Å². The lowest BCUT2D eigenvalue weighted by molar-refractivity contribution is 0.102. The van der Waals surface area contributed by atoms with E-state index in [0.29, 0.717) is 27.8 Å². The first kappa shape index (κ1) is 17.0. The highest BCUT2D eigenvalue weighted by molar-refractivity contribution is 6.30. The summed E-state index contributed by atoms with van der Waals surface area (Å²) in [6.07, 6.45) is 1.68. The number of pyridine rings is 1. The van der Waals surface area contributed by atoms with Gasteiger partial charge in [-0.05, 0) is 50.2 Å². The van der Waals surface area contributed by atoms with Crippen LogP contribution in [0.3, 0.4) is 0 Å². The van der Waals surface area contributed by atoms with Gasteiger partial charge in [0.25, 0.3) is 5.91 Å². The Kier molecular flexibility index (Phi) is 4.72. The molecule has 0 aliphatic heterocycles. The van der Waals surface area contributed by atoms with E-state index in [-0.39, 0.29) is 5.91 Å². The number of carbonyl (C=O) groups is 1. The Balaban J connectivity index is 1.88. The van der Waals surface area contributed by atoms with E-state index in [9.17, 15) is 4.79 Å². The van der Waals surface area contributed by atoms with E-state index >= 15 is 0 Å². The second kappa shape index (κ2) is 6.94. The number of benzene rings is 1. The minimum atomic E-state index is -0.297. The van der Waals surface area contributed by atoms with Gasteiger partial charge in [-0.1, -0.05) is 11.6 Å². The molecule has 0 saturated carbocycles. The van der Waals surface area contributed by atoms with Gasteiger partial charge in [-0.2, -0.15) is 5.10 Å². The Morgan fingerprint density at radius 2 is 1.88 bits per heavy atom. The summed E-state index contributed by atoms with van der Waals surface area (Å²) >= 11 is 5.91. The Bertz CT molecular complexity index is 919. The smallest absolute Gasteiger partial charge is 0.260 e. The fraction of sp³-hybridized carbons (Fsp3) is 0.167. The fourth-order valence-electron chi connectivity index (χ4n) is 2.38. The minimum absolute atomic E-state index is 0.297. The van der Waals surface area contributed by atoms with Gasteiger partial charge in [0.15, 0.2) is 11.6 Å². The van der Waals surface area contributed by atoms with Gasteiger partial charge < -0.3 is 10.1 Å². The molecule has 6 nitrogen and oxygen atoms in total. The Labute approximate surface area is 150 Å². The third-order valence-corrected chi connectivity index (χ3v) is 3.94. The molecule has 3 aromatic rings. The Morgan fingerprint density at radius 3 is 2.56 bits per heavy atom. The average Bonchev–Trinajstić information content (AvgIpc) is 2.97. The summed E-state index contributed by atoms with van der Waals surface area (Å²) in [5, 5.41) is 7.82. The quantitative estimate of drug-likeness (QED) is 0.772. The summed E-state index contributed by atoms with van der Waals surface area (Å²) < 4.78 is 6.88. The van der Waals surface area contributed by atoms with Crippen molar-refractivity contribution in [2.24, 2.45) is 0 Å². The first-order valence-electron chi connectivity index (χ1n) is 7.63. The topological polar surface area (TPSA) is 69.0 Å². The van der Waals surface area contributed by atoms with Crippen LogP contribution in [0.5, 0.6) is 5.75 Å². The summed E-state index contributed by atoms with van der Waals surface area (Å²) in [6.45, 7) is 3.63. The maximum atomic E-state index is 12.6. The van der Waals surface area contributed by atoms with Crippen LogP contribution >= 0.6 is 11.6 Å². The number of anilines is 1. The summed E-state index contributed by atoms with van der Waals surface area (Å²) in [4.78, 5) is 16.9. The zero-order valence-electron chi connectivity index (χ0n) is 14.1. The van der Waals surface area contributed by atoms with Crippen molar-refractivity contribution in [2.75, 3.05) is 12.4 Å². The SMILES string of the molecule is COc1ccc(C)nc1NC(=O)c1cn(-c2ccc(Cl)cc2)nc1C. The summed E-state index contributed by atoms with van der Waals surface area (Å²) in [5.74, 6) is 0.585. The van der Waals surface area contributed by atoms with Gasteiger partial charge >= 0.3 is 0 Å². The molecule has 25 heavy (non-hydrogen) atoms. The number of hydrogen-bond donors (Lipinski definition) is 1. The number of aryl methyl sites for hydroxylation is 2. The molecule has 2 aromatic heterocycles. The fourth-order valence-corrected chi connectivity index (χ4v) is 2.51. The van der Waals surface area contributed by atoms with Crippen LogP contribution in [-0.2, 0) is 0 Å². The van der Waals surface area contributed by atoms with Crippen LogP contribution in [0.2, 0.25) is 5.02 Å². The molecule has 7 heteroatoms. The molecule has 0 aliphatic rings. The standard InChI is InChI=1S/C18H17ClN4O2/c1-11-4-9-16(25-3)17(20-11)21-18(24)15-10-23(22-12(15)2)14-7-5-13(19)6-8-14/h4-10H,1-3H3,(H,20,21,24). The van der Waals surface area contributed by atoms with Crippen molar-refractivity contribution in [3.63, 3.8) is 0 Å². The third-order valence-electron chi connectivity index (χ3n) is 3.68. The zero-order valence-corrected chi connectivity index (χ0v) is 14.8. The van der Waals surface area contributed by atoms with E-state index in [1.165, 1.54) is 7.11 Å². The summed E-state index contributed by atoms with van der Waals surface area (Å²) in [7, 11) is 1.53. The molecule has 1 amide bonds. The van der Waals surface area contributed by atoms with Crippen molar-refractivity contribution in [1.29, 1.82) is 0 Å². The number of aromatic nitrogens is 3. The largest absolute Gasteiger partial charge is 0.493 e. The predicted octanol–water partition coefficient (Wildman–Crippen LogP) is 3.80. The van der Waals surface area contributed by atoms with Crippen molar-refractivity contribution in [2.45, 2.75) is 13.8 Å². The number of rotatable bonds is 4. The van der Waals surface area contributed by atoms with Gasteiger partial charge in [-0.3, -0.25) is 4.79 Å². The molecule has 1 N–H and O–H groups in total. The van der Waals surface area contributed by atoms with Crippen LogP contribution in [-0.4, -0.2) is 27.8 Å². The molecular formula is C18H17ClN4O2. The maximum Gasteiger partial charge on any atom is 0.260 e. The normalized spacial score (nSPS) is 10.6. The molecule has 128 valence electrons. The van der Waals surface area contributed by atoms with Crippen molar-refractivity contribution >= 4 is 23.3 Å². The summed E-state index contributed by atoms with van der Waals surface area (Å²) in [6, 6.07) is 10.8. The molecule has 0 saturated heterocycles. The Hall–Kier alpha value is -2.86. The molecule has 3 rings (SSSR count). The van der Waals surface area contributed by atoms with Crippen LogP contribution in [0.15, 0.2) is 42.6 Å². The number of carbonyl (C=O) groups excluding carboxylic acids is 1. The zero-order chi connectivity index (χ0) is 18.0. The van der Waals surface area contributed by atoms with Gasteiger partial charge in [0.2, 0.25) is 0 Å². The van der Waals surface area contributed by atoms with Gasteiger partial charge in [-0.25, -0.2) is 9.67 Å². The number of halogens is 1. The van der Waals surface area contributed by atoms with Crippen molar-refractivity contribution in [1.82, 2.24) is 14.8 Å². The molecule has 0 radical (unpaired) electrons. The molecular weight excluding hydrogens is 340 g/mol. The second-order valence-corrected chi connectivity index (χ2v) is 5.94. The molecule has 0 atom stereocenters. The molecule has 0 spiro atoms. The van der Waals surface area contributed by atoms with Crippen molar-refractivity contribution in [3.05, 3.63) is 64.6 Å². The van der Waals surface area contributed by atoms with Gasteiger partial charge in [0.05, 0.1) is 24.1 Å². The van der Waals surface area contributed by atoms with Gasteiger partial charge in [0.1, 0.15) is 0 Å². The summed E-state index contributed by atoms with van der Waals surface area (Å²) in [5.41, 5.74) is 2.67. The third kappa shape index (κ3) is 3.64. The van der Waals surface area contributed by atoms with Crippen LogP contribution in [0.4, 0.5) is 5.82 Å². The van der Waals surface area contributed by atoms with Crippen LogP contribution in [0, 0.1) is 13.8 Å². The number of ether oxygens (including phenoxy) is 1. The Morgan fingerprint density at radius 1 is 1.16 bits per heavy atom. The van der Waals surface area contributed by atoms with Gasteiger partial charge in [0, 0.05) is 16.9 Å². The molecule has 0 unspecified atom stereocenters.